The predicted molar refractivity (Wildman–Crippen MR) is 86.1 cm³/mol. The topological polar surface area (TPSA) is 55.6 Å². The highest BCUT2D eigenvalue weighted by molar-refractivity contribution is 5.41. The summed E-state index contributed by atoms with van der Waals surface area (Å²) in [6.07, 6.45) is 3.03. The summed E-state index contributed by atoms with van der Waals surface area (Å²) < 4.78 is 1.83. The van der Waals surface area contributed by atoms with Crippen molar-refractivity contribution >= 4 is 5.82 Å². The zero-order valence-electron chi connectivity index (χ0n) is 13.6. The summed E-state index contributed by atoms with van der Waals surface area (Å²) in [5.74, 6) is 3.22. The zero-order valence-corrected chi connectivity index (χ0v) is 13.6. The van der Waals surface area contributed by atoms with Crippen molar-refractivity contribution in [2.24, 2.45) is 0 Å². The van der Waals surface area contributed by atoms with Gasteiger partial charge in [-0.25, -0.2) is 14.6 Å². The molecule has 5 heteroatoms. The smallest absolute Gasteiger partial charge is 0.159 e. The Balaban J connectivity index is 2.38. The van der Waals surface area contributed by atoms with Crippen LogP contribution in [0, 0.1) is 0 Å². The van der Waals surface area contributed by atoms with E-state index in [4.69, 9.17) is 0 Å². The zero-order chi connectivity index (χ0) is 15.4. The summed E-state index contributed by atoms with van der Waals surface area (Å²) in [7, 11) is 0. The maximum Gasteiger partial charge on any atom is 0.159 e. The van der Waals surface area contributed by atoms with Gasteiger partial charge in [-0.2, -0.15) is 5.10 Å². The average molecular weight is 287 g/mol. The molecule has 0 radical (unpaired) electrons. The Bertz CT molecular complexity index is 586. The third-order valence-corrected chi connectivity index (χ3v) is 3.24. The molecule has 0 atom stereocenters. The van der Waals surface area contributed by atoms with Crippen molar-refractivity contribution in [3.8, 4) is 5.82 Å². The number of nitrogens with one attached hydrogen (secondary N) is 1. The fourth-order valence-corrected chi connectivity index (χ4v) is 1.95. The van der Waals surface area contributed by atoms with Gasteiger partial charge in [0, 0.05) is 24.7 Å². The molecule has 0 aliphatic heterocycles. The molecule has 2 aromatic heterocycles. The molecule has 2 heterocycles. The summed E-state index contributed by atoms with van der Waals surface area (Å²) in [6, 6.07) is 4.00. The van der Waals surface area contributed by atoms with Crippen molar-refractivity contribution in [2.45, 2.75) is 52.9 Å². The third-order valence-electron chi connectivity index (χ3n) is 3.24. The molecule has 0 fully saturated rings. The van der Waals surface area contributed by atoms with Crippen LogP contribution in [0.3, 0.4) is 0 Å². The molecule has 21 heavy (non-hydrogen) atoms. The van der Waals surface area contributed by atoms with Gasteiger partial charge in [0.2, 0.25) is 0 Å². The standard InChI is InChI=1S/C16H25N5/c1-6-8-17-14-10-15(19-16(18-14)12(4)5)21-9-7-13(20-21)11(2)3/h7,9-12H,6,8H2,1-5H3,(H,17,18,19). The van der Waals surface area contributed by atoms with Crippen molar-refractivity contribution in [1.29, 1.82) is 0 Å². The first kappa shape index (κ1) is 15.5. The second-order valence-electron chi connectivity index (χ2n) is 5.89. The first-order valence-corrected chi connectivity index (χ1v) is 7.70. The molecule has 0 bridgehead atoms. The van der Waals surface area contributed by atoms with Crippen LogP contribution in [0.25, 0.3) is 5.82 Å². The SMILES string of the molecule is CCCNc1cc(-n2ccc(C(C)C)n2)nc(C(C)C)n1. The van der Waals surface area contributed by atoms with Gasteiger partial charge >= 0.3 is 0 Å². The van der Waals surface area contributed by atoms with Gasteiger partial charge in [-0.15, -0.1) is 0 Å². The van der Waals surface area contributed by atoms with Crippen molar-refractivity contribution in [1.82, 2.24) is 19.7 Å². The lowest BCUT2D eigenvalue weighted by atomic mass is 10.1. The van der Waals surface area contributed by atoms with Crippen LogP contribution in [0.2, 0.25) is 0 Å². The molecule has 0 aromatic carbocycles. The van der Waals surface area contributed by atoms with E-state index in [0.29, 0.717) is 5.92 Å². The number of hydrogen-bond acceptors (Lipinski definition) is 4. The summed E-state index contributed by atoms with van der Waals surface area (Å²) in [4.78, 5) is 9.21. The van der Waals surface area contributed by atoms with E-state index < -0.39 is 0 Å². The Morgan fingerprint density at radius 1 is 1.14 bits per heavy atom. The Labute approximate surface area is 126 Å². The van der Waals surface area contributed by atoms with E-state index in [1.54, 1.807) is 0 Å². The maximum atomic E-state index is 4.63. The molecule has 0 aliphatic carbocycles. The molecule has 0 unspecified atom stereocenters. The number of aromatic nitrogens is 4. The minimum absolute atomic E-state index is 0.284. The molecule has 0 saturated heterocycles. The first-order valence-electron chi connectivity index (χ1n) is 7.70. The van der Waals surface area contributed by atoms with Gasteiger partial charge < -0.3 is 5.32 Å². The van der Waals surface area contributed by atoms with Gasteiger partial charge in [-0.1, -0.05) is 34.6 Å². The normalized spacial score (nSPS) is 11.4. The van der Waals surface area contributed by atoms with E-state index in [9.17, 15) is 0 Å². The highest BCUT2D eigenvalue weighted by Gasteiger charge is 2.11. The molecule has 2 rings (SSSR count). The molecule has 0 aliphatic rings. The Kier molecular flexibility index (Phi) is 4.94. The highest BCUT2D eigenvalue weighted by atomic mass is 15.3. The molecular formula is C16H25N5. The Hall–Kier alpha value is -1.91. The monoisotopic (exact) mass is 287 g/mol. The molecule has 2 aromatic rings. The molecule has 0 spiro atoms. The number of nitrogens with zero attached hydrogens (tertiary/aromatic N) is 4. The van der Waals surface area contributed by atoms with Crippen LogP contribution in [-0.2, 0) is 0 Å². The fraction of sp³-hybridized carbons (Fsp3) is 0.562. The molecule has 114 valence electrons. The van der Waals surface area contributed by atoms with Gasteiger partial charge in [0.25, 0.3) is 0 Å². The van der Waals surface area contributed by atoms with E-state index in [2.05, 4.69) is 55.0 Å². The lowest BCUT2D eigenvalue weighted by Crippen LogP contribution is -2.10. The highest BCUT2D eigenvalue weighted by Crippen LogP contribution is 2.18. The molecule has 1 N–H and O–H groups in total. The Morgan fingerprint density at radius 3 is 2.48 bits per heavy atom. The van der Waals surface area contributed by atoms with Crippen LogP contribution in [0.4, 0.5) is 5.82 Å². The van der Waals surface area contributed by atoms with Gasteiger partial charge in [0.1, 0.15) is 11.6 Å². The fourth-order valence-electron chi connectivity index (χ4n) is 1.95. The number of rotatable bonds is 6. The summed E-state index contributed by atoms with van der Waals surface area (Å²) in [6.45, 7) is 11.5. The van der Waals surface area contributed by atoms with Crippen LogP contribution in [0.5, 0.6) is 0 Å². The lowest BCUT2D eigenvalue weighted by molar-refractivity contribution is 0.726. The average Bonchev–Trinajstić information content (AvgIpc) is 2.94. The quantitative estimate of drug-likeness (QED) is 0.879. The lowest BCUT2D eigenvalue weighted by Gasteiger charge is -2.11. The van der Waals surface area contributed by atoms with E-state index >= 15 is 0 Å². The second kappa shape index (κ2) is 6.70. The number of anilines is 1. The van der Waals surface area contributed by atoms with Crippen molar-refractivity contribution in [3.63, 3.8) is 0 Å². The van der Waals surface area contributed by atoms with E-state index in [-0.39, 0.29) is 5.92 Å². The molecule has 0 saturated carbocycles. The van der Waals surface area contributed by atoms with Gasteiger partial charge in [-0.3, -0.25) is 0 Å². The van der Waals surface area contributed by atoms with Gasteiger partial charge in [-0.05, 0) is 18.4 Å². The van der Waals surface area contributed by atoms with Crippen molar-refractivity contribution in [3.05, 3.63) is 29.8 Å². The van der Waals surface area contributed by atoms with Crippen LogP contribution < -0.4 is 5.32 Å². The van der Waals surface area contributed by atoms with Crippen LogP contribution in [0.1, 0.15) is 64.4 Å². The molecular weight excluding hydrogens is 262 g/mol. The Morgan fingerprint density at radius 2 is 1.90 bits per heavy atom. The van der Waals surface area contributed by atoms with Crippen LogP contribution in [-0.4, -0.2) is 26.3 Å². The summed E-state index contributed by atoms with van der Waals surface area (Å²) in [5.41, 5.74) is 1.07. The second-order valence-corrected chi connectivity index (χ2v) is 5.89. The van der Waals surface area contributed by atoms with E-state index in [0.717, 1.165) is 36.1 Å². The maximum absolute atomic E-state index is 4.63. The van der Waals surface area contributed by atoms with Gasteiger partial charge in [0.05, 0.1) is 5.69 Å². The summed E-state index contributed by atoms with van der Waals surface area (Å²) >= 11 is 0. The predicted octanol–water partition coefficient (Wildman–Crippen LogP) is 3.73. The van der Waals surface area contributed by atoms with Gasteiger partial charge in [0.15, 0.2) is 5.82 Å². The van der Waals surface area contributed by atoms with Crippen molar-refractivity contribution < 1.29 is 0 Å². The molecule has 0 amide bonds. The molecule has 5 nitrogen and oxygen atoms in total. The van der Waals surface area contributed by atoms with Crippen LogP contribution >= 0.6 is 0 Å². The number of hydrogen-bond donors (Lipinski definition) is 1. The third kappa shape index (κ3) is 3.80. The van der Waals surface area contributed by atoms with Crippen LogP contribution in [0.15, 0.2) is 18.3 Å². The van der Waals surface area contributed by atoms with E-state index in [1.165, 1.54) is 0 Å². The largest absolute Gasteiger partial charge is 0.370 e. The minimum Gasteiger partial charge on any atom is -0.370 e. The van der Waals surface area contributed by atoms with Crippen molar-refractivity contribution in [2.75, 3.05) is 11.9 Å². The minimum atomic E-state index is 0.284. The van der Waals surface area contributed by atoms with E-state index in [1.807, 2.05) is 23.0 Å². The first-order chi connectivity index (χ1) is 10.0. The summed E-state index contributed by atoms with van der Waals surface area (Å²) in [5, 5.41) is 7.94.